The highest BCUT2D eigenvalue weighted by Crippen LogP contribution is 2.34. The summed E-state index contributed by atoms with van der Waals surface area (Å²) in [7, 11) is 2.08. The minimum absolute atomic E-state index is 0.147. The predicted molar refractivity (Wildman–Crippen MR) is 91.8 cm³/mol. The summed E-state index contributed by atoms with van der Waals surface area (Å²) in [5.74, 6) is 0. The Morgan fingerprint density at radius 1 is 0.952 bits per heavy atom. The Labute approximate surface area is 130 Å². The van der Waals surface area contributed by atoms with Gasteiger partial charge in [-0.15, -0.1) is 0 Å². The van der Waals surface area contributed by atoms with Gasteiger partial charge >= 0.3 is 0 Å². The number of nitrogens with zero attached hydrogens (tertiary/aromatic N) is 1. The molecule has 0 aromatic heterocycles. The van der Waals surface area contributed by atoms with Gasteiger partial charge in [-0.3, -0.25) is 4.90 Å². The van der Waals surface area contributed by atoms with Gasteiger partial charge in [-0.25, -0.2) is 0 Å². The second-order valence-electron chi connectivity index (χ2n) is 7.94. The van der Waals surface area contributed by atoms with Gasteiger partial charge in [0.05, 0.1) is 0 Å². The van der Waals surface area contributed by atoms with Crippen molar-refractivity contribution in [2.24, 2.45) is 0 Å². The lowest BCUT2D eigenvalue weighted by Gasteiger charge is -2.42. The van der Waals surface area contributed by atoms with Crippen LogP contribution in [-0.2, 0) is 5.41 Å². The number of likely N-dealkylation sites (N-methyl/N-ethyl adjacent to an activating group) is 1. The molecule has 0 saturated carbocycles. The molecule has 1 N–H and O–H groups in total. The van der Waals surface area contributed by atoms with Crippen LogP contribution in [0.1, 0.15) is 64.6 Å². The molecule has 1 aromatic carbocycles. The number of rotatable bonds is 4. The maximum absolute atomic E-state index is 3.55. The van der Waals surface area contributed by atoms with Gasteiger partial charge in [-0.1, -0.05) is 45.0 Å². The van der Waals surface area contributed by atoms with Crippen LogP contribution in [0.2, 0.25) is 0 Å². The molecule has 1 heterocycles. The Hall–Kier alpha value is -0.860. The third-order valence-electron chi connectivity index (χ3n) is 5.03. The minimum Gasteiger partial charge on any atom is -0.311 e. The highest BCUT2D eigenvalue weighted by molar-refractivity contribution is 5.31. The zero-order valence-electron chi connectivity index (χ0n) is 14.7. The summed E-state index contributed by atoms with van der Waals surface area (Å²) in [5, 5.41) is 3.55. The van der Waals surface area contributed by atoms with Crippen LogP contribution in [0.15, 0.2) is 24.3 Å². The van der Waals surface area contributed by atoms with Crippen molar-refractivity contribution >= 4 is 0 Å². The van der Waals surface area contributed by atoms with E-state index in [1.807, 2.05) is 0 Å². The Balaban J connectivity index is 2.24. The van der Waals surface area contributed by atoms with E-state index in [1.54, 1.807) is 0 Å². The summed E-state index contributed by atoms with van der Waals surface area (Å²) in [5.41, 5.74) is 3.16. The highest BCUT2D eigenvalue weighted by Gasteiger charge is 2.36. The zero-order valence-corrected chi connectivity index (χ0v) is 14.7. The van der Waals surface area contributed by atoms with E-state index in [2.05, 4.69) is 76.1 Å². The van der Waals surface area contributed by atoms with Crippen molar-refractivity contribution in [3.63, 3.8) is 0 Å². The topological polar surface area (TPSA) is 15.3 Å². The first-order valence-corrected chi connectivity index (χ1v) is 8.29. The van der Waals surface area contributed by atoms with Crippen molar-refractivity contribution in [1.29, 1.82) is 0 Å². The standard InChI is InChI=1S/C19H32N2/c1-18(2,3)16-11-9-15(10-12-16)17(20-6)19(4,5)21-13-7-8-14-21/h9-12,17,20H,7-8,13-14H2,1-6H3. The summed E-state index contributed by atoms with van der Waals surface area (Å²) >= 11 is 0. The number of hydrogen-bond donors (Lipinski definition) is 1. The lowest BCUT2D eigenvalue weighted by Crippen LogP contribution is -2.50. The molecular formula is C19H32N2. The Bertz CT molecular complexity index is 447. The molecule has 1 fully saturated rings. The molecule has 118 valence electrons. The molecule has 1 aliphatic rings. The average Bonchev–Trinajstić information content (AvgIpc) is 2.93. The van der Waals surface area contributed by atoms with Gasteiger partial charge in [0.1, 0.15) is 0 Å². The molecule has 1 aromatic rings. The first-order valence-electron chi connectivity index (χ1n) is 8.29. The quantitative estimate of drug-likeness (QED) is 0.896. The molecular weight excluding hydrogens is 256 g/mol. The fraction of sp³-hybridized carbons (Fsp3) is 0.684. The van der Waals surface area contributed by atoms with Crippen molar-refractivity contribution in [2.45, 2.75) is 64.5 Å². The lowest BCUT2D eigenvalue weighted by molar-refractivity contribution is 0.110. The van der Waals surface area contributed by atoms with E-state index < -0.39 is 0 Å². The molecule has 2 rings (SSSR count). The van der Waals surface area contributed by atoms with E-state index in [0.717, 1.165) is 0 Å². The van der Waals surface area contributed by atoms with E-state index in [1.165, 1.54) is 37.1 Å². The van der Waals surface area contributed by atoms with Crippen LogP contribution >= 0.6 is 0 Å². The van der Waals surface area contributed by atoms with Gasteiger partial charge in [-0.2, -0.15) is 0 Å². The van der Waals surface area contributed by atoms with E-state index in [-0.39, 0.29) is 11.0 Å². The van der Waals surface area contributed by atoms with Crippen LogP contribution in [0.3, 0.4) is 0 Å². The molecule has 0 spiro atoms. The summed E-state index contributed by atoms with van der Waals surface area (Å²) in [6.45, 7) is 14.0. The second kappa shape index (κ2) is 6.10. The molecule has 1 unspecified atom stereocenters. The van der Waals surface area contributed by atoms with E-state index in [0.29, 0.717) is 6.04 Å². The third kappa shape index (κ3) is 3.49. The summed E-state index contributed by atoms with van der Waals surface area (Å²) in [6.07, 6.45) is 2.67. The van der Waals surface area contributed by atoms with E-state index >= 15 is 0 Å². The van der Waals surface area contributed by atoms with Crippen LogP contribution in [0.5, 0.6) is 0 Å². The Kier molecular flexibility index (Phi) is 4.79. The SMILES string of the molecule is CNC(c1ccc(C(C)(C)C)cc1)C(C)(C)N1CCCC1. The van der Waals surface area contributed by atoms with Gasteiger partial charge in [0.15, 0.2) is 0 Å². The van der Waals surface area contributed by atoms with Crippen LogP contribution in [0, 0.1) is 0 Å². The zero-order chi connectivity index (χ0) is 15.7. The average molecular weight is 288 g/mol. The molecule has 21 heavy (non-hydrogen) atoms. The van der Waals surface area contributed by atoms with Crippen molar-refractivity contribution < 1.29 is 0 Å². The smallest absolute Gasteiger partial charge is 0.0499 e. The second-order valence-corrected chi connectivity index (χ2v) is 7.94. The van der Waals surface area contributed by atoms with Crippen LogP contribution in [0.4, 0.5) is 0 Å². The molecule has 2 nitrogen and oxygen atoms in total. The maximum atomic E-state index is 3.55. The highest BCUT2D eigenvalue weighted by atomic mass is 15.2. The van der Waals surface area contributed by atoms with Crippen LogP contribution in [0.25, 0.3) is 0 Å². The predicted octanol–water partition coefficient (Wildman–Crippen LogP) is 4.12. The lowest BCUT2D eigenvalue weighted by atomic mass is 9.83. The van der Waals surface area contributed by atoms with E-state index in [4.69, 9.17) is 0 Å². The third-order valence-corrected chi connectivity index (χ3v) is 5.03. The van der Waals surface area contributed by atoms with Crippen molar-refractivity contribution in [3.05, 3.63) is 35.4 Å². The maximum Gasteiger partial charge on any atom is 0.0499 e. The number of nitrogens with one attached hydrogen (secondary N) is 1. The fourth-order valence-electron chi connectivity index (χ4n) is 3.58. The molecule has 1 saturated heterocycles. The number of benzene rings is 1. The molecule has 1 aliphatic heterocycles. The molecule has 0 radical (unpaired) electrons. The molecule has 0 bridgehead atoms. The minimum atomic E-state index is 0.147. The molecule has 0 aliphatic carbocycles. The molecule has 1 atom stereocenters. The molecule has 2 heteroatoms. The van der Waals surface area contributed by atoms with Gasteiger partial charge in [0.2, 0.25) is 0 Å². The van der Waals surface area contributed by atoms with Gasteiger partial charge in [-0.05, 0) is 63.4 Å². The molecule has 0 amide bonds. The van der Waals surface area contributed by atoms with Crippen LogP contribution in [-0.4, -0.2) is 30.6 Å². The largest absolute Gasteiger partial charge is 0.311 e. The summed E-state index contributed by atoms with van der Waals surface area (Å²) in [6, 6.07) is 9.56. The monoisotopic (exact) mass is 288 g/mol. The van der Waals surface area contributed by atoms with Gasteiger partial charge < -0.3 is 5.32 Å². The first-order chi connectivity index (χ1) is 9.76. The van der Waals surface area contributed by atoms with Crippen molar-refractivity contribution in [1.82, 2.24) is 10.2 Å². The summed E-state index contributed by atoms with van der Waals surface area (Å²) in [4.78, 5) is 2.63. The number of hydrogen-bond acceptors (Lipinski definition) is 2. The van der Waals surface area contributed by atoms with Gasteiger partial charge in [0.25, 0.3) is 0 Å². The van der Waals surface area contributed by atoms with Gasteiger partial charge in [0, 0.05) is 11.6 Å². The van der Waals surface area contributed by atoms with Crippen molar-refractivity contribution in [2.75, 3.05) is 20.1 Å². The Morgan fingerprint density at radius 3 is 1.90 bits per heavy atom. The Morgan fingerprint density at radius 2 is 1.48 bits per heavy atom. The number of likely N-dealkylation sites (tertiary alicyclic amines) is 1. The van der Waals surface area contributed by atoms with Crippen LogP contribution < -0.4 is 5.32 Å². The van der Waals surface area contributed by atoms with E-state index in [9.17, 15) is 0 Å². The fourth-order valence-corrected chi connectivity index (χ4v) is 3.58. The first kappa shape index (κ1) is 16.5. The van der Waals surface area contributed by atoms with Crippen molar-refractivity contribution in [3.8, 4) is 0 Å². The normalized spacial score (nSPS) is 19.0. The summed E-state index contributed by atoms with van der Waals surface area (Å²) < 4.78 is 0.